The third kappa shape index (κ3) is 1.57. The van der Waals surface area contributed by atoms with Crippen LogP contribution in [0.25, 0.3) is 0 Å². The van der Waals surface area contributed by atoms with E-state index in [0.29, 0.717) is 12.5 Å². The largest absolute Gasteiger partial charge is 0.330 e. The van der Waals surface area contributed by atoms with Crippen LogP contribution in [0.4, 0.5) is 0 Å². The van der Waals surface area contributed by atoms with Gasteiger partial charge in [-0.25, -0.2) is 4.98 Å². The predicted octanol–water partition coefficient (Wildman–Crippen LogP) is 0.360. The van der Waals surface area contributed by atoms with E-state index in [2.05, 4.69) is 17.0 Å². The van der Waals surface area contributed by atoms with Crippen molar-refractivity contribution < 1.29 is 0 Å². The van der Waals surface area contributed by atoms with Gasteiger partial charge in [-0.1, -0.05) is 6.92 Å². The summed E-state index contributed by atoms with van der Waals surface area (Å²) in [5, 5.41) is 4.05. The highest BCUT2D eigenvalue weighted by Gasteiger charge is 2.09. The van der Waals surface area contributed by atoms with Crippen molar-refractivity contribution in [2.75, 3.05) is 6.54 Å². The van der Waals surface area contributed by atoms with Gasteiger partial charge in [-0.2, -0.15) is 5.10 Å². The second-order valence-electron chi connectivity index (χ2n) is 2.57. The molecule has 0 aliphatic carbocycles. The summed E-state index contributed by atoms with van der Waals surface area (Å²) in [4.78, 5) is 4.13. The standard InChI is InChI=1S/C7H14N4/c1-3-11-7(6(2)4-8)9-5-10-11/h5-6H,3-4,8H2,1-2H3. The lowest BCUT2D eigenvalue weighted by Crippen LogP contribution is -2.15. The lowest BCUT2D eigenvalue weighted by molar-refractivity contribution is 0.574. The number of hydrogen-bond donors (Lipinski definition) is 1. The summed E-state index contributed by atoms with van der Waals surface area (Å²) in [6, 6.07) is 0. The molecule has 0 bridgehead atoms. The van der Waals surface area contributed by atoms with Crippen molar-refractivity contribution >= 4 is 0 Å². The number of hydrogen-bond acceptors (Lipinski definition) is 3. The molecule has 1 aromatic heterocycles. The van der Waals surface area contributed by atoms with E-state index < -0.39 is 0 Å². The Hall–Kier alpha value is -0.900. The van der Waals surface area contributed by atoms with Crippen LogP contribution >= 0.6 is 0 Å². The van der Waals surface area contributed by atoms with Crippen LogP contribution in [0.2, 0.25) is 0 Å². The van der Waals surface area contributed by atoms with E-state index in [9.17, 15) is 0 Å². The minimum atomic E-state index is 0.303. The highest BCUT2D eigenvalue weighted by atomic mass is 15.3. The van der Waals surface area contributed by atoms with Gasteiger partial charge in [-0.05, 0) is 6.92 Å². The predicted molar refractivity (Wildman–Crippen MR) is 43.2 cm³/mol. The van der Waals surface area contributed by atoms with E-state index in [-0.39, 0.29) is 0 Å². The van der Waals surface area contributed by atoms with E-state index in [4.69, 9.17) is 5.73 Å². The molecule has 0 saturated carbocycles. The molecule has 1 atom stereocenters. The maximum atomic E-state index is 5.51. The molecule has 0 saturated heterocycles. The third-order valence-corrected chi connectivity index (χ3v) is 1.74. The summed E-state index contributed by atoms with van der Waals surface area (Å²) in [6.45, 7) is 5.58. The van der Waals surface area contributed by atoms with Crippen LogP contribution in [-0.4, -0.2) is 21.3 Å². The van der Waals surface area contributed by atoms with Gasteiger partial charge in [0.15, 0.2) is 0 Å². The molecule has 0 fully saturated rings. The van der Waals surface area contributed by atoms with E-state index in [1.54, 1.807) is 6.33 Å². The number of nitrogens with two attached hydrogens (primary N) is 1. The molecule has 0 aliphatic heterocycles. The monoisotopic (exact) mass is 154 g/mol. The fourth-order valence-electron chi connectivity index (χ4n) is 1.00. The molecule has 0 aromatic carbocycles. The van der Waals surface area contributed by atoms with E-state index in [0.717, 1.165) is 12.4 Å². The maximum Gasteiger partial charge on any atom is 0.138 e. The maximum absolute atomic E-state index is 5.51. The topological polar surface area (TPSA) is 56.7 Å². The Kier molecular flexibility index (Phi) is 2.59. The summed E-state index contributed by atoms with van der Waals surface area (Å²) in [5.74, 6) is 1.28. The van der Waals surface area contributed by atoms with Crippen LogP contribution < -0.4 is 5.73 Å². The van der Waals surface area contributed by atoms with Crippen LogP contribution in [0.3, 0.4) is 0 Å². The van der Waals surface area contributed by atoms with Crippen molar-refractivity contribution in [2.45, 2.75) is 26.3 Å². The quantitative estimate of drug-likeness (QED) is 0.684. The van der Waals surface area contributed by atoms with Crippen molar-refractivity contribution in [3.05, 3.63) is 12.2 Å². The lowest BCUT2D eigenvalue weighted by atomic mass is 10.2. The van der Waals surface area contributed by atoms with Crippen molar-refractivity contribution in [1.82, 2.24) is 14.8 Å². The zero-order valence-electron chi connectivity index (χ0n) is 6.99. The van der Waals surface area contributed by atoms with Gasteiger partial charge in [0.05, 0.1) is 0 Å². The zero-order valence-corrected chi connectivity index (χ0v) is 6.99. The molecule has 4 nitrogen and oxygen atoms in total. The highest BCUT2D eigenvalue weighted by Crippen LogP contribution is 2.08. The first-order valence-corrected chi connectivity index (χ1v) is 3.87. The van der Waals surface area contributed by atoms with Gasteiger partial charge in [-0.15, -0.1) is 0 Å². The fourth-order valence-corrected chi connectivity index (χ4v) is 1.00. The molecule has 1 heterocycles. The first-order chi connectivity index (χ1) is 5.29. The number of nitrogens with zero attached hydrogens (tertiary/aromatic N) is 3. The van der Waals surface area contributed by atoms with Crippen LogP contribution in [0.1, 0.15) is 25.6 Å². The van der Waals surface area contributed by atoms with Crippen molar-refractivity contribution in [1.29, 1.82) is 0 Å². The zero-order chi connectivity index (χ0) is 8.27. The second kappa shape index (κ2) is 3.48. The summed E-state index contributed by atoms with van der Waals surface area (Å²) in [5.41, 5.74) is 5.51. The molecule has 1 unspecified atom stereocenters. The van der Waals surface area contributed by atoms with Gasteiger partial charge >= 0.3 is 0 Å². The van der Waals surface area contributed by atoms with E-state index >= 15 is 0 Å². The van der Waals surface area contributed by atoms with E-state index in [1.165, 1.54) is 0 Å². The Labute approximate surface area is 66.4 Å². The molecule has 1 rings (SSSR count). The van der Waals surface area contributed by atoms with Gasteiger partial charge in [0.2, 0.25) is 0 Å². The van der Waals surface area contributed by atoms with Gasteiger partial charge in [0, 0.05) is 19.0 Å². The molecule has 0 spiro atoms. The lowest BCUT2D eigenvalue weighted by Gasteiger charge is -2.07. The van der Waals surface area contributed by atoms with Crippen molar-refractivity contribution in [3.63, 3.8) is 0 Å². The molecule has 4 heteroatoms. The van der Waals surface area contributed by atoms with Crippen molar-refractivity contribution in [2.24, 2.45) is 5.73 Å². The van der Waals surface area contributed by atoms with E-state index in [1.807, 2.05) is 11.6 Å². The minimum Gasteiger partial charge on any atom is -0.330 e. The SMILES string of the molecule is CCn1ncnc1C(C)CN. The van der Waals surface area contributed by atoms with Gasteiger partial charge in [0.1, 0.15) is 12.2 Å². The number of aromatic nitrogens is 3. The summed E-state index contributed by atoms with van der Waals surface area (Å²) < 4.78 is 1.87. The van der Waals surface area contributed by atoms with Crippen LogP contribution in [-0.2, 0) is 6.54 Å². The normalized spacial score (nSPS) is 13.4. The average Bonchev–Trinajstić information content (AvgIpc) is 2.50. The second-order valence-corrected chi connectivity index (χ2v) is 2.57. The summed E-state index contributed by atoms with van der Waals surface area (Å²) in [7, 11) is 0. The average molecular weight is 154 g/mol. The van der Waals surface area contributed by atoms with Crippen LogP contribution in [0.15, 0.2) is 6.33 Å². The third-order valence-electron chi connectivity index (χ3n) is 1.74. The fraction of sp³-hybridized carbons (Fsp3) is 0.714. The summed E-state index contributed by atoms with van der Waals surface area (Å²) in [6.07, 6.45) is 1.57. The molecule has 11 heavy (non-hydrogen) atoms. The Bertz CT molecular complexity index is 218. The molecule has 0 aliphatic rings. The van der Waals surface area contributed by atoms with Gasteiger partial charge < -0.3 is 5.73 Å². The molecular formula is C7H14N4. The molecule has 2 N–H and O–H groups in total. The first-order valence-electron chi connectivity index (χ1n) is 3.87. The first kappa shape index (κ1) is 8.20. The Morgan fingerprint density at radius 1 is 1.73 bits per heavy atom. The Balaban J connectivity index is 2.83. The molecule has 0 amide bonds. The highest BCUT2D eigenvalue weighted by molar-refractivity contribution is 4.93. The van der Waals surface area contributed by atoms with Gasteiger partial charge in [0.25, 0.3) is 0 Å². The van der Waals surface area contributed by atoms with Gasteiger partial charge in [-0.3, -0.25) is 4.68 Å². The molecule has 1 aromatic rings. The molecule has 0 radical (unpaired) electrons. The minimum absolute atomic E-state index is 0.303. The summed E-state index contributed by atoms with van der Waals surface area (Å²) >= 11 is 0. The van der Waals surface area contributed by atoms with Crippen LogP contribution in [0.5, 0.6) is 0 Å². The van der Waals surface area contributed by atoms with Crippen molar-refractivity contribution in [3.8, 4) is 0 Å². The number of rotatable bonds is 3. The Morgan fingerprint density at radius 3 is 3.00 bits per heavy atom. The smallest absolute Gasteiger partial charge is 0.138 e. The molecular weight excluding hydrogens is 140 g/mol. The van der Waals surface area contributed by atoms with Crippen LogP contribution in [0, 0.1) is 0 Å². The number of aryl methyl sites for hydroxylation is 1. The Morgan fingerprint density at radius 2 is 2.45 bits per heavy atom. The molecule has 62 valence electrons.